The lowest BCUT2D eigenvalue weighted by molar-refractivity contribution is 0.169. The number of hydrogen-bond acceptors (Lipinski definition) is 5. The van der Waals surface area contributed by atoms with Crippen LogP contribution in [0.2, 0.25) is 0 Å². The SMILES string of the molecule is CS(=O)(=O)CCC(O)c1ccncn1. The lowest BCUT2D eigenvalue weighted by Crippen LogP contribution is -2.09. The van der Waals surface area contributed by atoms with Gasteiger partial charge in [0.05, 0.1) is 17.6 Å². The second-order valence-electron chi connectivity index (χ2n) is 3.07. The molecule has 1 N–H and O–H groups in total. The highest BCUT2D eigenvalue weighted by Gasteiger charge is 2.11. The molecule has 1 aromatic rings. The van der Waals surface area contributed by atoms with Gasteiger partial charge in [0.15, 0.2) is 0 Å². The van der Waals surface area contributed by atoms with Crippen LogP contribution in [0.4, 0.5) is 0 Å². The molecule has 14 heavy (non-hydrogen) atoms. The van der Waals surface area contributed by atoms with Crippen molar-refractivity contribution in [1.29, 1.82) is 0 Å². The summed E-state index contributed by atoms with van der Waals surface area (Å²) in [7, 11) is -3.03. The maximum absolute atomic E-state index is 10.8. The highest BCUT2D eigenvalue weighted by atomic mass is 32.2. The lowest BCUT2D eigenvalue weighted by atomic mass is 10.2. The summed E-state index contributed by atoms with van der Waals surface area (Å²) in [6.07, 6.45) is 3.29. The largest absolute Gasteiger partial charge is 0.387 e. The van der Waals surface area contributed by atoms with Crippen molar-refractivity contribution in [3.8, 4) is 0 Å². The summed E-state index contributed by atoms with van der Waals surface area (Å²) in [6.45, 7) is 0. The van der Waals surface area contributed by atoms with Crippen LogP contribution < -0.4 is 0 Å². The van der Waals surface area contributed by atoms with Gasteiger partial charge in [0.2, 0.25) is 0 Å². The molecule has 6 heteroatoms. The molecule has 1 unspecified atom stereocenters. The quantitative estimate of drug-likeness (QED) is 0.763. The highest BCUT2D eigenvalue weighted by molar-refractivity contribution is 7.90. The van der Waals surface area contributed by atoms with Crippen LogP contribution in [0.3, 0.4) is 0 Å². The Morgan fingerprint density at radius 2 is 2.29 bits per heavy atom. The molecule has 0 saturated heterocycles. The van der Waals surface area contributed by atoms with E-state index >= 15 is 0 Å². The van der Waals surface area contributed by atoms with E-state index in [2.05, 4.69) is 9.97 Å². The Labute approximate surface area is 82.8 Å². The van der Waals surface area contributed by atoms with Gasteiger partial charge in [-0.25, -0.2) is 18.4 Å². The van der Waals surface area contributed by atoms with E-state index in [1.807, 2.05) is 0 Å². The van der Waals surface area contributed by atoms with Gasteiger partial charge in [0, 0.05) is 12.5 Å². The molecule has 0 aliphatic carbocycles. The fourth-order valence-electron chi connectivity index (χ4n) is 0.972. The van der Waals surface area contributed by atoms with E-state index in [4.69, 9.17) is 0 Å². The topological polar surface area (TPSA) is 80.2 Å². The van der Waals surface area contributed by atoms with Gasteiger partial charge in [-0.15, -0.1) is 0 Å². The smallest absolute Gasteiger partial charge is 0.147 e. The van der Waals surface area contributed by atoms with Gasteiger partial charge in [-0.3, -0.25) is 0 Å². The Bertz CT molecular complexity index is 377. The molecule has 78 valence electrons. The number of nitrogens with zero attached hydrogens (tertiary/aromatic N) is 2. The lowest BCUT2D eigenvalue weighted by Gasteiger charge is -2.07. The Morgan fingerprint density at radius 3 is 2.79 bits per heavy atom. The van der Waals surface area contributed by atoms with Crippen LogP contribution in [0.25, 0.3) is 0 Å². The van der Waals surface area contributed by atoms with Crippen LogP contribution in [-0.2, 0) is 9.84 Å². The normalized spacial score (nSPS) is 13.9. The average Bonchev–Trinajstić information content (AvgIpc) is 2.14. The van der Waals surface area contributed by atoms with Crippen molar-refractivity contribution in [3.05, 3.63) is 24.3 Å². The Balaban J connectivity index is 2.56. The van der Waals surface area contributed by atoms with E-state index in [1.165, 1.54) is 12.5 Å². The minimum absolute atomic E-state index is 0.0435. The molecule has 1 heterocycles. The van der Waals surface area contributed by atoms with Crippen LogP contribution in [0.15, 0.2) is 18.6 Å². The van der Waals surface area contributed by atoms with E-state index in [0.717, 1.165) is 6.26 Å². The molecule has 0 radical (unpaired) electrons. The molecule has 0 fully saturated rings. The third-order valence-corrected chi connectivity index (χ3v) is 2.69. The van der Waals surface area contributed by atoms with Gasteiger partial charge < -0.3 is 5.11 Å². The zero-order chi connectivity index (χ0) is 10.6. The molecule has 5 nitrogen and oxygen atoms in total. The van der Waals surface area contributed by atoms with E-state index in [1.54, 1.807) is 6.07 Å². The fourth-order valence-corrected chi connectivity index (χ4v) is 1.62. The van der Waals surface area contributed by atoms with Crippen LogP contribution >= 0.6 is 0 Å². The van der Waals surface area contributed by atoms with Crippen LogP contribution in [0.5, 0.6) is 0 Å². The van der Waals surface area contributed by atoms with Gasteiger partial charge >= 0.3 is 0 Å². The summed E-state index contributed by atoms with van der Waals surface area (Å²) in [5, 5.41) is 9.53. The molecule has 0 aliphatic heterocycles. The van der Waals surface area contributed by atoms with Crippen LogP contribution in [0.1, 0.15) is 18.2 Å². The van der Waals surface area contributed by atoms with Crippen LogP contribution in [-0.4, -0.2) is 35.5 Å². The third kappa shape index (κ3) is 3.80. The van der Waals surface area contributed by atoms with E-state index in [9.17, 15) is 13.5 Å². The predicted molar refractivity (Wildman–Crippen MR) is 51.3 cm³/mol. The van der Waals surface area contributed by atoms with Crippen LogP contribution in [0, 0.1) is 0 Å². The summed E-state index contributed by atoms with van der Waals surface area (Å²) >= 11 is 0. The summed E-state index contributed by atoms with van der Waals surface area (Å²) in [5.41, 5.74) is 0.448. The van der Waals surface area contributed by atoms with Crippen molar-refractivity contribution in [3.63, 3.8) is 0 Å². The number of aliphatic hydroxyl groups excluding tert-OH is 1. The molecular formula is C8H12N2O3S. The molecule has 0 saturated carbocycles. The van der Waals surface area contributed by atoms with Gasteiger partial charge in [-0.2, -0.15) is 0 Å². The first-order valence-electron chi connectivity index (χ1n) is 4.11. The monoisotopic (exact) mass is 216 g/mol. The molecule has 1 atom stereocenters. The Kier molecular flexibility index (Phi) is 3.54. The van der Waals surface area contributed by atoms with Gasteiger partial charge in [0.25, 0.3) is 0 Å². The molecular weight excluding hydrogens is 204 g/mol. The number of hydrogen-bond donors (Lipinski definition) is 1. The molecule has 0 bridgehead atoms. The van der Waals surface area contributed by atoms with Crippen molar-refractivity contribution in [2.45, 2.75) is 12.5 Å². The molecule has 1 aromatic heterocycles. The molecule has 0 spiro atoms. The number of aliphatic hydroxyl groups is 1. The zero-order valence-electron chi connectivity index (χ0n) is 7.79. The van der Waals surface area contributed by atoms with Gasteiger partial charge in [0.1, 0.15) is 16.2 Å². The van der Waals surface area contributed by atoms with Crippen molar-refractivity contribution < 1.29 is 13.5 Å². The van der Waals surface area contributed by atoms with E-state index in [0.29, 0.717) is 5.69 Å². The van der Waals surface area contributed by atoms with Crippen molar-refractivity contribution in [1.82, 2.24) is 9.97 Å². The second kappa shape index (κ2) is 4.47. The molecule has 0 amide bonds. The summed E-state index contributed by atoms with van der Waals surface area (Å²) < 4.78 is 21.6. The molecule has 0 aliphatic rings. The third-order valence-electron chi connectivity index (χ3n) is 1.71. The van der Waals surface area contributed by atoms with Crippen molar-refractivity contribution >= 4 is 9.84 Å². The van der Waals surface area contributed by atoms with E-state index in [-0.39, 0.29) is 12.2 Å². The predicted octanol–water partition coefficient (Wildman–Crippen LogP) is -0.0553. The first kappa shape index (κ1) is 11.1. The fraction of sp³-hybridized carbons (Fsp3) is 0.500. The van der Waals surface area contributed by atoms with Gasteiger partial charge in [-0.1, -0.05) is 0 Å². The zero-order valence-corrected chi connectivity index (χ0v) is 8.61. The number of aromatic nitrogens is 2. The first-order valence-corrected chi connectivity index (χ1v) is 6.17. The van der Waals surface area contributed by atoms with E-state index < -0.39 is 15.9 Å². The standard InChI is InChI=1S/C8H12N2O3S/c1-14(12,13)5-3-8(11)7-2-4-9-6-10-7/h2,4,6,8,11H,3,5H2,1H3. The minimum Gasteiger partial charge on any atom is -0.387 e. The number of rotatable bonds is 4. The van der Waals surface area contributed by atoms with Crippen molar-refractivity contribution in [2.24, 2.45) is 0 Å². The summed E-state index contributed by atoms with van der Waals surface area (Å²) in [4.78, 5) is 7.52. The molecule has 1 rings (SSSR count). The van der Waals surface area contributed by atoms with Crippen molar-refractivity contribution in [2.75, 3.05) is 12.0 Å². The maximum Gasteiger partial charge on any atom is 0.147 e. The summed E-state index contributed by atoms with van der Waals surface area (Å²) in [5.74, 6) is -0.0435. The summed E-state index contributed by atoms with van der Waals surface area (Å²) in [6, 6.07) is 1.56. The maximum atomic E-state index is 10.8. The molecule has 0 aromatic carbocycles. The van der Waals surface area contributed by atoms with Gasteiger partial charge in [-0.05, 0) is 12.5 Å². The number of sulfone groups is 1. The Hall–Kier alpha value is -1.01. The first-order chi connectivity index (χ1) is 6.49. The second-order valence-corrected chi connectivity index (χ2v) is 5.33. The average molecular weight is 216 g/mol. The Morgan fingerprint density at radius 1 is 1.57 bits per heavy atom. The highest BCUT2D eigenvalue weighted by Crippen LogP contribution is 2.13. The minimum atomic E-state index is -3.03.